The summed E-state index contributed by atoms with van der Waals surface area (Å²) in [6.45, 7) is 8.39. The molecule has 2 saturated heterocycles. The van der Waals surface area contributed by atoms with Crippen LogP contribution in [0.25, 0.3) is 0 Å². The Morgan fingerprint density at radius 2 is 2.17 bits per heavy atom. The Morgan fingerprint density at radius 1 is 1.28 bits per heavy atom. The summed E-state index contributed by atoms with van der Waals surface area (Å²) >= 11 is 0. The summed E-state index contributed by atoms with van der Waals surface area (Å²) in [5, 5.41) is 0. The van der Waals surface area contributed by atoms with Gasteiger partial charge >= 0.3 is 0 Å². The minimum atomic E-state index is 0.814. The van der Waals surface area contributed by atoms with Crippen LogP contribution >= 0.6 is 0 Å². The Balaban J connectivity index is 1.67. The molecule has 0 aliphatic carbocycles. The van der Waals surface area contributed by atoms with Gasteiger partial charge in [0.1, 0.15) is 0 Å². The SMILES string of the molecule is Cc1cnccc1CN1CCCN2CCC[C@H]2C1. The summed E-state index contributed by atoms with van der Waals surface area (Å²) in [7, 11) is 0. The van der Waals surface area contributed by atoms with Crippen molar-refractivity contribution >= 4 is 0 Å². The third kappa shape index (κ3) is 2.57. The second kappa shape index (κ2) is 5.37. The van der Waals surface area contributed by atoms with E-state index in [1.165, 1.54) is 56.6 Å². The number of aryl methyl sites for hydroxylation is 1. The van der Waals surface area contributed by atoms with Crippen LogP contribution in [0.5, 0.6) is 0 Å². The van der Waals surface area contributed by atoms with Gasteiger partial charge in [0.15, 0.2) is 0 Å². The number of rotatable bonds is 2. The third-order valence-corrected chi connectivity index (χ3v) is 4.42. The van der Waals surface area contributed by atoms with E-state index >= 15 is 0 Å². The van der Waals surface area contributed by atoms with E-state index in [0.29, 0.717) is 0 Å². The maximum Gasteiger partial charge on any atom is 0.0300 e. The Morgan fingerprint density at radius 3 is 3.06 bits per heavy atom. The normalized spacial score (nSPS) is 25.9. The van der Waals surface area contributed by atoms with Gasteiger partial charge in [0.2, 0.25) is 0 Å². The molecule has 3 rings (SSSR count). The van der Waals surface area contributed by atoms with Crippen molar-refractivity contribution in [3.63, 3.8) is 0 Å². The molecule has 98 valence electrons. The van der Waals surface area contributed by atoms with Crippen molar-refractivity contribution in [2.75, 3.05) is 26.2 Å². The number of hydrogen-bond acceptors (Lipinski definition) is 3. The van der Waals surface area contributed by atoms with Crippen LogP contribution in [0, 0.1) is 6.92 Å². The Kier molecular flexibility index (Phi) is 3.62. The van der Waals surface area contributed by atoms with Crippen LogP contribution in [-0.2, 0) is 6.54 Å². The molecule has 0 unspecified atom stereocenters. The Labute approximate surface area is 110 Å². The average molecular weight is 245 g/mol. The minimum absolute atomic E-state index is 0.814. The highest BCUT2D eigenvalue weighted by atomic mass is 15.3. The highest BCUT2D eigenvalue weighted by molar-refractivity contribution is 5.21. The first-order chi connectivity index (χ1) is 8.83. The molecule has 1 aromatic heterocycles. The van der Waals surface area contributed by atoms with E-state index in [9.17, 15) is 0 Å². The molecule has 0 saturated carbocycles. The standard InChI is InChI=1S/C15H23N3/c1-13-10-16-6-5-14(13)11-17-7-3-9-18-8-2-4-15(18)12-17/h5-6,10,15H,2-4,7-9,11-12H2,1H3/t15-/m0/s1. The number of pyridine rings is 1. The molecule has 1 atom stereocenters. The van der Waals surface area contributed by atoms with Crippen molar-refractivity contribution < 1.29 is 0 Å². The molecule has 2 aliphatic rings. The van der Waals surface area contributed by atoms with E-state index in [4.69, 9.17) is 0 Å². The fourth-order valence-electron chi connectivity index (χ4n) is 3.35. The zero-order valence-electron chi connectivity index (χ0n) is 11.3. The largest absolute Gasteiger partial charge is 0.299 e. The molecule has 0 bridgehead atoms. The summed E-state index contributed by atoms with van der Waals surface area (Å²) in [4.78, 5) is 9.51. The highest BCUT2D eigenvalue weighted by Gasteiger charge is 2.28. The third-order valence-electron chi connectivity index (χ3n) is 4.42. The lowest BCUT2D eigenvalue weighted by atomic mass is 10.1. The molecule has 2 aliphatic heterocycles. The van der Waals surface area contributed by atoms with Gasteiger partial charge in [0.25, 0.3) is 0 Å². The maximum absolute atomic E-state index is 4.18. The van der Waals surface area contributed by atoms with Gasteiger partial charge < -0.3 is 0 Å². The summed E-state index contributed by atoms with van der Waals surface area (Å²) in [5.74, 6) is 0. The predicted octanol–water partition coefficient (Wildman–Crippen LogP) is 2.06. The average Bonchev–Trinajstić information content (AvgIpc) is 2.71. The van der Waals surface area contributed by atoms with Crippen LogP contribution in [0.3, 0.4) is 0 Å². The molecule has 0 aromatic carbocycles. The fourth-order valence-corrected chi connectivity index (χ4v) is 3.35. The van der Waals surface area contributed by atoms with Crippen molar-refractivity contribution in [2.24, 2.45) is 0 Å². The van der Waals surface area contributed by atoms with Crippen LogP contribution in [0.1, 0.15) is 30.4 Å². The number of hydrogen-bond donors (Lipinski definition) is 0. The Hall–Kier alpha value is -0.930. The second-order valence-corrected chi connectivity index (χ2v) is 5.72. The second-order valence-electron chi connectivity index (χ2n) is 5.72. The first kappa shape index (κ1) is 12.1. The van der Waals surface area contributed by atoms with Crippen molar-refractivity contribution in [3.8, 4) is 0 Å². The molecule has 1 aromatic rings. The van der Waals surface area contributed by atoms with E-state index in [-0.39, 0.29) is 0 Å². The molecule has 18 heavy (non-hydrogen) atoms. The van der Waals surface area contributed by atoms with Gasteiger partial charge in [-0.25, -0.2) is 0 Å². The van der Waals surface area contributed by atoms with Crippen LogP contribution < -0.4 is 0 Å². The molecule has 0 spiro atoms. The zero-order valence-corrected chi connectivity index (χ0v) is 11.3. The summed E-state index contributed by atoms with van der Waals surface area (Å²) in [6, 6.07) is 2.99. The van der Waals surface area contributed by atoms with E-state index in [0.717, 1.165) is 12.6 Å². The molecule has 2 fully saturated rings. The van der Waals surface area contributed by atoms with E-state index in [2.05, 4.69) is 27.8 Å². The maximum atomic E-state index is 4.18. The predicted molar refractivity (Wildman–Crippen MR) is 73.5 cm³/mol. The summed E-state index contributed by atoms with van der Waals surface area (Å²) in [5.41, 5.74) is 2.77. The lowest BCUT2D eigenvalue weighted by molar-refractivity contribution is 0.215. The molecule has 3 heterocycles. The van der Waals surface area contributed by atoms with Crippen molar-refractivity contribution in [1.29, 1.82) is 0 Å². The van der Waals surface area contributed by atoms with Crippen molar-refractivity contribution in [1.82, 2.24) is 14.8 Å². The van der Waals surface area contributed by atoms with Gasteiger partial charge in [-0.1, -0.05) is 0 Å². The molecule has 0 N–H and O–H groups in total. The van der Waals surface area contributed by atoms with Crippen molar-refractivity contribution in [3.05, 3.63) is 29.6 Å². The van der Waals surface area contributed by atoms with Crippen LogP contribution in [0.15, 0.2) is 18.5 Å². The molecular formula is C15H23N3. The van der Waals surface area contributed by atoms with Gasteiger partial charge in [0.05, 0.1) is 0 Å². The van der Waals surface area contributed by atoms with E-state index < -0.39 is 0 Å². The highest BCUT2D eigenvalue weighted by Crippen LogP contribution is 2.22. The smallest absolute Gasteiger partial charge is 0.0300 e. The zero-order chi connectivity index (χ0) is 12.4. The van der Waals surface area contributed by atoms with E-state index in [1.807, 2.05) is 12.4 Å². The first-order valence-electron chi connectivity index (χ1n) is 7.19. The number of aromatic nitrogens is 1. The van der Waals surface area contributed by atoms with Gasteiger partial charge in [-0.2, -0.15) is 0 Å². The molecule has 3 nitrogen and oxygen atoms in total. The van der Waals surface area contributed by atoms with Crippen LogP contribution in [0.4, 0.5) is 0 Å². The minimum Gasteiger partial charge on any atom is -0.299 e. The van der Waals surface area contributed by atoms with Gasteiger partial charge in [-0.3, -0.25) is 14.8 Å². The van der Waals surface area contributed by atoms with Crippen molar-refractivity contribution in [2.45, 2.75) is 38.8 Å². The Bertz CT molecular complexity index is 404. The summed E-state index contributed by atoms with van der Waals surface area (Å²) in [6.07, 6.45) is 8.01. The lowest BCUT2D eigenvalue weighted by Crippen LogP contribution is -2.36. The molecule has 0 radical (unpaired) electrons. The summed E-state index contributed by atoms with van der Waals surface area (Å²) < 4.78 is 0. The first-order valence-corrected chi connectivity index (χ1v) is 7.19. The fraction of sp³-hybridized carbons (Fsp3) is 0.667. The van der Waals surface area contributed by atoms with Crippen LogP contribution in [-0.4, -0.2) is 47.0 Å². The lowest BCUT2D eigenvalue weighted by Gasteiger charge is -2.26. The van der Waals surface area contributed by atoms with Crippen LogP contribution in [0.2, 0.25) is 0 Å². The van der Waals surface area contributed by atoms with Gasteiger partial charge in [-0.05, 0) is 63.0 Å². The quantitative estimate of drug-likeness (QED) is 0.795. The van der Waals surface area contributed by atoms with Gasteiger partial charge in [0, 0.05) is 31.5 Å². The van der Waals surface area contributed by atoms with E-state index in [1.54, 1.807) is 0 Å². The molecule has 0 amide bonds. The monoisotopic (exact) mass is 245 g/mol. The topological polar surface area (TPSA) is 19.4 Å². The molecular weight excluding hydrogens is 222 g/mol. The number of fused-ring (bicyclic) bond motifs is 1. The number of nitrogens with zero attached hydrogens (tertiary/aromatic N) is 3. The molecule has 3 heteroatoms. The van der Waals surface area contributed by atoms with Gasteiger partial charge in [-0.15, -0.1) is 0 Å².